The molecule has 0 aromatic heterocycles. The zero-order valence-electron chi connectivity index (χ0n) is 11.7. The second-order valence-electron chi connectivity index (χ2n) is 4.91. The van der Waals surface area contributed by atoms with Crippen LogP contribution in [0.1, 0.15) is 36.7 Å². The van der Waals surface area contributed by atoms with Crippen LogP contribution in [0.15, 0.2) is 24.3 Å². The second kappa shape index (κ2) is 6.19. The molecule has 0 saturated carbocycles. The first-order valence-electron chi connectivity index (χ1n) is 6.17. The molecule has 0 radical (unpaired) electrons. The summed E-state index contributed by atoms with van der Waals surface area (Å²) in [6.07, 6.45) is 0. The van der Waals surface area contributed by atoms with Crippen molar-refractivity contribution in [2.75, 3.05) is 7.11 Å². The summed E-state index contributed by atoms with van der Waals surface area (Å²) < 4.78 is 29.2. The monoisotopic (exact) mass is 284 g/mol. The van der Waals surface area contributed by atoms with Gasteiger partial charge in [0.05, 0.1) is 23.7 Å². The molecule has 1 atom stereocenters. The maximum absolute atomic E-state index is 12.3. The summed E-state index contributed by atoms with van der Waals surface area (Å²) in [5.74, 6) is -0.615. The Labute approximate surface area is 114 Å². The molecule has 106 valence electrons. The molecule has 0 aliphatic rings. The Morgan fingerprint density at radius 3 is 2.32 bits per heavy atom. The van der Waals surface area contributed by atoms with Gasteiger partial charge in [-0.05, 0) is 24.5 Å². The number of carbonyl (C=O) groups is 1. The largest absolute Gasteiger partial charge is 0.465 e. The normalized spacial score (nSPS) is 13.3. The van der Waals surface area contributed by atoms with Crippen molar-refractivity contribution in [3.05, 3.63) is 35.4 Å². The number of hydrogen-bond donors (Lipinski definition) is 0. The third kappa shape index (κ3) is 3.80. The first-order valence-corrected chi connectivity index (χ1v) is 7.89. The van der Waals surface area contributed by atoms with Crippen LogP contribution in [-0.2, 0) is 20.3 Å². The number of hydrogen-bond acceptors (Lipinski definition) is 4. The summed E-state index contributed by atoms with van der Waals surface area (Å²) in [6.45, 7) is 5.43. The van der Waals surface area contributed by atoms with E-state index in [2.05, 4.69) is 4.74 Å². The van der Waals surface area contributed by atoms with E-state index in [1.54, 1.807) is 31.2 Å². The second-order valence-corrected chi connectivity index (χ2v) is 7.26. The van der Waals surface area contributed by atoms with Crippen LogP contribution in [0.4, 0.5) is 0 Å². The van der Waals surface area contributed by atoms with E-state index < -0.39 is 21.1 Å². The van der Waals surface area contributed by atoms with E-state index in [0.717, 1.165) is 0 Å². The molecular weight excluding hydrogens is 264 g/mol. The van der Waals surface area contributed by atoms with Crippen LogP contribution in [0.3, 0.4) is 0 Å². The molecule has 0 bridgehead atoms. The molecule has 0 N–H and O–H groups in total. The van der Waals surface area contributed by atoms with Gasteiger partial charge in [0.1, 0.15) is 0 Å². The fraction of sp³-hybridized carbons (Fsp3) is 0.500. The van der Waals surface area contributed by atoms with E-state index in [9.17, 15) is 13.2 Å². The first kappa shape index (κ1) is 15.7. The standard InChI is InChI=1S/C14H20O4S/c1-10(2)11(3)19(16,17)9-12-7-5-6-8-13(12)14(15)18-4/h5-8,10-11H,9H2,1-4H3. The van der Waals surface area contributed by atoms with Crippen LogP contribution < -0.4 is 0 Å². The molecule has 1 aromatic rings. The number of rotatable bonds is 5. The molecule has 1 unspecified atom stereocenters. The van der Waals surface area contributed by atoms with Gasteiger partial charge in [0.25, 0.3) is 0 Å². The van der Waals surface area contributed by atoms with E-state index in [4.69, 9.17) is 0 Å². The maximum Gasteiger partial charge on any atom is 0.338 e. The number of ether oxygens (including phenoxy) is 1. The molecule has 5 heteroatoms. The Morgan fingerprint density at radius 2 is 1.79 bits per heavy atom. The minimum Gasteiger partial charge on any atom is -0.465 e. The van der Waals surface area contributed by atoms with Gasteiger partial charge in [-0.15, -0.1) is 0 Å². The highest BCUT2D eigenvalue weighted by atomic mass is 32.2. The van der Waals surface area contributed by atoms with Gasteiger partial charge in [0, 0.05) is 0 Å². The van der Waals surface area contributed by atoms with Gasteiger partial charge in [-0.3, -0.25) is 0 Å². The highest BCUT2D eigenvalue weighted by Crippen LogP contribution is 2.20. The predicted molar refractivity (Wildman–Crippen MR) is 74.7 cm³/mol. The first-order chi connectivity index (χ1) is 8.79. The Balaban J connectivity index is 3.10. The van der Waals surface area contributed by atoms with Crippen molar-refractivity contribution in [2.45, 2.75) is 31.8 Å². The average molecular weight is 284 g/mol. The van der Waals surface area contributed by atoms with Gasteiger partial charge < -0.3 is 4.74 Å². The SMILES string of the molecule is COC(=O)c1ccccc1CS(=O)(=O)C(C)C(C)C. The number of benzene rings is 1. The fourth-order valence-electron chi connectivity index (χ4n) is 1.72. The maximum atomic E-state index is 12.3. The topological polar surface area (TPSA) is 60.4 Å². The van der Waals surface area contributed by atoms with Crippen LogP contribution in [0, 0.1) is 5.92 Å². The van der Waals surface area contributed by atoms with Crippen molar-refractivity contribution in [1.82, 2.24) is 0 Å². The molecule has 0 saturated heterocycles. The summed E-state index contributed by atoms with van der Waals surface area (Å²) in [7, 11) is -2.00. The van der Waals surface area contributed by atoms with E-state index >= 15 is 0 Å². The van der Waals surface area contributed by atoms with Gasteiger partial charge in [-0.1, -0.05) is 32.0 Å². The minimum atomic E-state index is -3.28. The Kier molecular flexibility index (Phi) is 5.11. The zero-order chi connectivity index (χ0) is 14.6. The van der Waals surface area contributed by atoms with Gasteiger partial charge in [0.15, 0.2) is 9.84 Å². The number of esters is 1. The van der Waals surface area contributed by atoms with E-state index in [1.807, 2.05) is 13.8 Å². The summed E-state index contributed by atoms with van der Waals surface area (Å²) in [5, 5.41) is -0.446. The highest BCUT2D eigenvalue weighted by molar-refractivity contribution is 7.91. The van der Waals surface area contributed by atoms with Crippen molar-refractivity contribution in [2.24, 2.45) is 5.92 Å². The van der Waals surface area contributed by atoms with Crippen molar-refractivity contribution in [1.29, 1.82) is 0 Å². The van der Waals surface area contributed by atoms with E-state index in [0.29, 0.717) is 11.1 Å². The van der Waals surface area contributed by atoms with E-state index in [-0.39, 0.29) is 11.7 Å². The smallest absolute Gasteiger partial charge is 0.338 e. The molecule has 0 fully saturated rings. The van der Waals surface area contributed by atoms with Crippen molar-refractivity contribution >= 4 is 15.8 Å². The van der Waals surface area contributed by atoms with Crippen LogP contribution in [-0.4, -0.2) is 26.7 Å². The lowest BCUT2D eigenvalue weighted by molar-refractivity contribution is 0.0600. The molecule has 0 aliphatic carbocycles. The minimum absolute atomic E-state index is 0.0373. The lowest BCUT2D eigenvalue weighted by Gasteiger charge is -2.17. The molecule has 0 amide bonds. The molecular formula is C14H20O4S. The summed E-state index contributed by atoms with van der Waals surface area (Å²) in [4.78, 5) is 11.6. The summed E-state index contributed by atoms with van der Waals surface area (Å²) >= 11 is 0. The summed E-state index contributed by atoms with van der Waals surface area (Å²) in [5.41, 5.74) is 0.798. The lowest BCUT2D eigenvalue weighted by Crippen LogP contribution is -2.25. The number of carbonyl (C=O) groups excluding carboxylic acids is 1. The van der Waals surface area contributed by atoms with Crippen LogP contribution in [0.5, 0.6) is 0 Å². The molecule has 1 aromatic carbocycles. The van der Waals surface area contributed by atoms with Gasteiger partial charge in [-0.25, -0.2) is 13.2 Å². The van der Waals surface area contributed by atoms with Crippen molar-refractivity contribution in [3.63, 3.8) is 0 Å². The van der Waals surface area contributed by atoms with Gasteiger partial charge in [-0.2, -0.15) is 0 Å². The van der Waals surface area contributed by atoms with Crippen LogP contribution in [0.2, 0.25) is 0 Å². The third-order valence-electron chi connectivity index (χ3n) is 3.28. The Bertz CT molecular complexity index is 546. The Hall–Kier alpha value is -1.36. The van der Waals surface area contributed by atoms with Gasteiger partial charge >= 0.3 is 5.97 Å². The van der Waals surface area contributed by atoms with Crippen molar-refractivity contribution in [3.8, 4) is 0 Å². The highest BCUT2D eigenvalue weighted by Gasteiger charge is 2.26. The zero-order valence-corrected chi connectivity index (χ0v) is 12.5. The Morgan fingerprint density at radius 1 is 1.21 bits per heavy atom. The fourth-order valence-corrected chi connectivity index (χ4v) is 3.50. The summed E-state index contributed by atoms with van der Waals surface area (Å²) in [6, 6.07) is 6.64. The molecule has 0 aliphatic heterocycles. The molecule has 0 heterocycles. The number of methoxy groups -OCH3 is 1. The van der Waals surface area contributed by atoms with Crippen molar-refractivity contribution < 1.29 is 17.9 Å². The van der Waals surface area contributed by atoms with Crippen LogP contribution >= 0.6 is 0 Å². The van der Waals surface area contributed by atoms with Crippen LogP contribution in [0.25, 0.3) is 0 Å². The quantitative estimate of drug-likeness (QED) is 0.779. The molecule has 4 nitrogen and oxygen atoms in total. The van der Waals surface area contributed by atoms with E-state index in [1.165, 1.54) is 7.11 Å². The predicted octanol–water partition coefficient (Wildman–Crippen LogP) is 2.43. The average Bonchev–Trinajstić information content (AvgIpc) is 2.37. The van der Waals surface area contributed by atoms with Gasteiger partial charge in [0.2, 0.25) is 0 Å². The number of sulfone groups is 1. The lowest BCUT2D eigenvalue weighted by atomic mass is 10.1. The molecule has 19 heavy (non-hydrogen) atoms. The third-order valence-corrected chi connectivity index (χ3v) is 5.68. The molecule has 0 spiro atoms. The molecule has 1 rings (SSSR count).